The fourth-order valence-electron chi connectivity index (χ4n) is 3.38. The van der Waals surface area contributed by atoms with Crippen LogP contribution in [0.1, 0.15) is 23.1 Å². The molecule has 1 N–H and O–H groups in total. The highest BCUT2D eigenvalue weighted by Gasteiger charge is 2.12. The van der Waals surface area contributed by atoms with Crippen molar-refractivity contribution in [3.63, 3.8) is 0 Å². The molecular formula is C24H22N2O3S. The first-order valence-corrected chi connectivity index (χ1v) is 10.6. The van der Waals surface area contributed by atoms with Crippen molar-refractivity contribution in [1.82, 2.24) is 5.32 Å². The van der Waals surface area contributed by atoms with E-state index in [9.17, 15) is 14.9 Å². The molecule has 30 heavy (non-hydrogen) atoms. The Kier molecular flexibility index (Phi) is 7.47. The van der Waals surface area contributed by atoms with E-state index in [4.69, 9.17) is 4.74 Å². The van der Waals surface area contributed by atoms with E-state index in [1.54, 1.807) is 0 Å². The van der Waals surface area contributed by atoms with E-state index in [2.05, 4.69) is 23.5 Å². The summed E-state index contributed by atoms with van der Waals surface area (Å²) < 4.78 is 6.11. The van der Waals surface area contributed by atoms with Gasteiger partial charge in [-0.2, -0.15) is 5.26 Å². The van der Waals surface area contributed by atoms with Crippen molar-refractivity contribution < 1.29 is 14.3 Å². The maximum atomic E-state index is 10.3. The predicted molar refractivity (Wildman–Crippen MR) is 120 cm³/mol. The topological polar surface area (TPSA) is 79.2 Å². The molecule has 0 bridgehead atoms. The first-order valence-electron chi connectivity index (χ1n) is 9.66. The summed E-state index contributed by atoms with van der Waals surface area (Å²) in [5, 5.41) is 13.3. The van der Waals surface area contributed by atoms with Crippen LogP contribution in [0.25, 0.3) is 10.8 Å². The molecule has 0 heterocycles. The van der Waals surface area contributed by atoms with E-state index in [-0.39, 0.29) is 11.0 Å². The lowest BCUT2D eigenvalue weighted by atomic mass is 10.0. The van der Waals surface area contributed by atoms with Crippen molar-refractivity contribution in [2.45, 2.75) is 19.3 Å². The molecule has 4 rings (SSSR count). The molecule has 3 aromatic rings. The molecule has 0 spiro atoms. The molecule has 0 atom stereocenters. The molecule has 1 amide bonds. The third-order valence-electron chi connectivity index (χ3n) is 4.79. The number of thioether (sulfide) groups is 1. The van der Waals surface area contributed by atoms with E-state index in [0.29, 0.717) is 11.8 Å². The molecule has 0 fully saturated rings. The zero-order valence-corrected chi connectivity index (χ0v) is 17.5. The molecule has 0 unspecified atom stereocenters. The number of carbonyl (C=O) groups excluding carboxylic acids is 2. The Hall–Kier alpha value is -3.30. The minimum atomic E-state index is -0.169. The number of nitrogens with one attached hydrogen (secondary N) is 1. The molecule has 3 aromatic carbocycles. The highest BCUT2D eigenvalue weighted by atomic mass is 32.2. The molecule has 1 aliphatic rings. The number of amides is 1. The number of rotatable bonds is 4. The van der Waals surface area contributed by atoms with Gasteiger partial charge in [-0.1, -0.05) is 42.1 Å². The Labute approximate surface area is 180 Å². The Morgan fingerprint density at radius 3 is 2.63 bits per heavy atom. The van der Waals surface area contributed by atoms with Gasteiger partial charge in [0.1, 0.15) is 17.8 Å². The number of nitriles is 1. The van der Waals surface area contributed by atoms with Crippen molar-refractivity contribution in [2.24, 2.45) is 0 Å². The van der Waals surface area contributed by atoms with E-state index in [1.165, 1.54) is 31.0 Å². The van der Waals surface area contributed by atoms with Crippen molar-refractivity contribution in [1.29, 1.82) is 5.26 Å². The largest absolute Gasteiger partial charge is 0.457 e. The minimum Gasteiger partial charge on any atom is -0.457 e. The number of carbonyl (C=O) groups is 2. The lowest BCUT2D eigenvalue weighted by molar-refractivity contribution is -0.105. The minimum absolute atomic E-state index is 0.169. The number of benzene rings is 3. The molecule has 152 valence electrons. The average Bonchev–Trinajstić information content (AvgIpc) is 3.26. The first-order chi connectivity index (χ1) is 14.7. The van der Waals surface area contributed by atoms with Crippen LogP contribution >= 0.6 is 11.8 Å². The van der Waals surface area contributed by atoms with Crippen LogP contribution in [0.4, 0.5) is 4.79 Å². The van der Waals surface area contributed by atoms with Crippen LogP contribution in [0.3, 0.4) is 0 Å². The summed E-state index contributed by atoms with van der Waals surface area (Å²) in [4.78, 5) is 19.9. The molecule has 6 heteroatoms. The summed E-state index contributed by atoms with van der Waals surface area (Å²) in [7, 11) is 1.53. The maximum Gasteiger partial charge on any atom is 0.279 e. The number of aryl methyl sites for hydroxylation is 2. The zero-order chi connectivity index (χ0) is 21.3. The zero-order valence-electron chi connectivity index (χ0n) is 16.7. The highest BCUT2D eigenvalue weighted by Crippen LogP contribution is 2.33. The SMILES string of the molecule is CNC(=O)SCC=O.N#Cc1ccc(Oc2ccc3c(c2)CCC3)c2ccccc12. The second kappa shape index (κ2) is 10.5. The van der Waals surface area contributed by atoms with E-state index in [1.807, 2.05) is 42.5 Å². The van der Waals surface area contributed by atoms with Crippen LogP contribution in [0.2, 0.25) is 0 Å². The van der Waals surface area contributed by atoms with Gasteiger partial charge in [-0.3, -0.25) is 4.79 Å². The third-order valence-corrected chi connectivity index (χ3v) is 5.56. The molecule has 0 radical (unpaired) electrons. The molecular weight excluding hydrogens is 396 g/mol. The molecule has 0 aromatic heterocycles. The van der Waals surface area contributed by atoms with Gasteiger partial charge in [-0.05, 0) is 54.7 Å². The Bertz CT molecular complexity index is 1110. The van der Waals surface area contributed by atoms with Crippen LogP contribution in [0.15, 0.2) is 54.6 Å². The van der Waals surface area contributed by atoms with Crippen LogP contribution in [0.5, 0.6) is 11.5 Å². The second-order valence-corrected chi connectivity index (χ2v) is 7.66. The lowest BCUT2D eigenvalue weighted by Gasteiger charge is -2.11. The number of hydrogen-bond donors (Lipinski definition) is 1. The van der Waals surface area contributed by atoms with E-state index < -0.39 is 0 Å². The molecule has 1 aliphatic carbocycles. The van der Waals surface area contributed by atoms with Crippen LogP contribution in [-0.2, 0) is 17.6 Å². The van der Waals surface area contributed by atoms with E-state index >= 15 is 0 Å². The highest BCUT2D eigenvalue weighted by molar-refractivity contribution is 8.14. The normalized spacial score (nSPS) is 11.6. The summed E-state index contributed by atoms with van der Waals surface area (Å²) in [6.45, 7) is 0. The monoisotopic (exact) mass is 418 g/mol. The van der Waals surface area contributed by atoms with Gasteiger partial charge in [-0.15, -0.1) is 0 Å². The van der Waals surface area contributed by atoms with Crippen molar-refractivity contribution in [2.75, 3.05) is 12.8 Å². The molecule has 0 saturated carbocycles. The molecule has 0 aliphatic heterocycles. The van der Waals surface area contributed by atoms with Gasteiger partial charge in [0.15, 0.2) is 0 Å². The van der Waals surface area contributed by atoms with Gasteiger partial charge < -0.3 is 14.8 Å². The predicted octanol–water partition coefficient (Wildman–Crippen LogP) is 5.25. The summed E-state index contributed by atoms with van der Waals surface area (Å²) in [6.07, 6.45) is 4.24. The van der Waals surface area contributed by atoms with Crippen LogP contribution in [0, 0.1) is 11.3 Å². The molecule has 5 nitrogen and oxygen atoms in total. The summed E-state index contributed by atoms with van der Waals surface area (Å²) in [6, 6.07) is 20.2. The Morgan fingerprint density at radius 2 is 1.90 bits per heavy atom. The van der Waals surface area contributed by atoms with E-state index in [0.717, 1.165) is 40.5 Å². The standard InChI is InChI=1S/C20H15NO.C4H7NO2S/c21-13-16-9-11-20(19-7-2-1-6-18(16)19)22-17-10-8-14-4-3-5-15(14)12-17;1-5-4(7)8-3-2-6/h1-2,6-12H,3-5H2;2H,3H2,1H3,(H,5,7). The summed E-state index contributed by atoms with van der Waals surface area (Å²) >= 11 is 0.958. The summed E-state index contributed by atoms with van der Waals surface area (Å²) in [5.74, 6) is 1.91. The second-order valence-electron chi connectivity index (χ2n) is 6.67. The number of nitrogens with zero attached hydrogens (tertiary/aromatic N) is 1. The summed E-state index contributed by atoms with van der Waals surface area (Å²) in [5.41, 5.74) is 3.52. The van der Waals surface area contributed by atoms with Crippen molar-refractivity contribution in [3.8, 4) is 17.6 Å². The average molecular weight is 419 g/mol. The lowest BCUT2D eigenvalue weighted by Crippen LogP contribution is -2.11. The molecule has 0 saturated heterocycles. The Morgan fingerprint density at radius 1 is 1.13 bits per heavy atom. The third kappa shape index (κ3) is 5.19. The fraction of sp³-hybridized carbons (Fsp3) is 0.208. The quantitative estimate of drug-likeness (QED) is 0.586. The fourth-order valence-corrected chi connectivity index (χ4v) is 3.74. The van der Waals surface area contributed by atoms with Gasteiger partial charge in [0.2, 0.25) is 0 Å². The smallest absolute Gasteiger partial charge is 0.279 e. The number of aldehydes is 1. The number of hydrogen-bond acceptors (Lipinski definition) is 5. The van der Waals surface area contributed by atoms with Gasteiger partial charge in [-0.25, -0.2) is 0 Å². The van der Waals surface area contributed by atoms with Gasteiger partial charge >= 0.3 is 0 Å². The van der Waals surface area contributed by atoms with Crippen molar-refractivity contribution >= 4 is 34.1 Å². The van der Waals surface area contributed by atoms with Crippen LogP contribution in [-0.4, -0.2) is 24.3 Å². The first kappa shape index (κ1) is 21.4. The van der Waals surface area contributed by atoms with Crippen LogP contribution < -0.4 is 10.1 Å². The number of ether oxygens (including phenoxy) is 1. The van der Waals surface area contributed by atoms with Gasteiger partial charge in [0.25, 0.3) is 5.24 Å². The van der Waals surface area contributed by atoms with Crippen molar-refractivity contribution in [3.05, 3.63) is 71.3 Å². The maximum absolute atomic E-state index is 10.3. The number of fused-ring (bicyclic) bond motifs is 2. The van der Waals surface area contributed by atoms with Gasteiger partial charge in [0.05, 0.1) is 17.4 Å². The van der Waals surface area contributed by atoms with Gasteiger partial charge in [0, 0.05) is 17.8 Å². The Balaban J connectivity index is 0.000000275.